The van der Waals surface area contributed by atoms with Crippen molar-refractivity contribution in [3.05, 3.63) is 48.0 Å². The molecule has 20 heavy (non-hydrogen) atoms. The number of hydrogen-bond donors (Lipinski definition) is 1. The van der Waals surface area contributed by atoms with E-state index in [0.717, 1.165) is 5.56 Å². The Hall–Kier alpha value is -1.38. The zero-order chi connectivity index (χ0) is 14.8. The number of hydrogen-bond acceptors (Lipinski definition) is 2. The quantitative estimate of drug-likeness (QED) is 0.900. The lowest BCUT2D eigenvalue weighted by atomic mass is 9.81. The largest absolute Gasteiger partial charge is 0.376 e. The number of ether oxygens (including phenoxy) is 1. The summed E-state index contributed by atoms with van der Waals surface area (Å²) in [6, 6.07) is 14.6. The van der Waals surface area contributed by atoms with Crippen LogP contribution in [-0.4, -0.2) is 12.7 Å². The molecule has 0 radical (unpaired) electrons. The maximum Gasteiger partial charge on any atom is 0.0815 e. The highest BCUT2D eigenvalue weighted by Crippen LogP contribution is 2.34. The Labute approximate surface area is 121 Å². The molecule has 2 aromatic carbocycles. The van der Waals surface area contributed by atoms with E-state index in [-0.39, 0.29) is 17.6 Å². The third kappa shape index (κ3) is 3.02. The van der Waals surface area contributed by atoms with Gasteiger partial charge in [0.25, 0.3) is 0 Å². The first-order valence-corrected chi connectivity index (χ1v) is 7.30. The van der Waals surface area contributed by atoms with Gasteiger partial charge in [0.1, 0.15) is 0 Å². The minimum atomic E-state index is -0.124. The molecule has 0 aromatic heterocycles. The van der Waals surface area contributed by atoms with Crippen LogP contribution in [0.2, 0.25) is 0 Å². The molecule has 2 N–H and O–H groups in total. The van der Waals surface area contributed by atoms with Crippen LogP contribution in [0.3, 0.4) is 0 Å². The van der Waals surface area contributed by atoms with Gasteiger partial charge in [0.15, 0.2) is 0 Å². The molecule has 108 valence electrons. The van der Waals surface area contributed by atoms with Crippen molar-refractivity contribution in [2.45, 2.75) is 39.8 Å². The van der Waals surface area contributed by atoms with E-state index in [1.807, 2.05) is 6.92 Å². The third-order valence-electron chi connectivity index (χ3n) is 3.71. The Morgan fingerprint density at radius 1 is 1.05 bits per heavy atom. The van der Waals surface area contributed by atoms with Gasteiger partial charge in [-0.1, -0.05) is 63.2 Å². The van der Waals surface area contributed by atoms with Crippen molar-refractivity contribution in [2.24, 2.45) is 11.1 Å². The second-order valence-electron chi connectivity index (χ2n) is 6.34. The van der Waals surface area contributed by atoms with Gasteiger partial charge in [-0.15, -0.1) is 0 Å². The molecule has 2 atom stereocenters. The van der Waals surface area contributed by atoms with Crippen molar-refractivity contribution in [2.75, 3.05) is 6.61 Å². The van der Waals surface area contributed by atoms with Crippen molar-refractivity contribution in [1.82, 2.24) is 0 Å². The van der Waals surface area contributed by atoms with Crippen molar-refractivity contribution in [1.29, 1.82) is 0 Å². The van der Waals surface area contributed by atoms with Gasteiger partial charge in [-0.2, -0.15) is 0 Å². The molecule has 2 unspecified atom stereocenters. The maximum atomic E-state index is 6.55. The fourth-order valence-electron chi connectivity index (χ4n) is 2.78. The summed E-state index contributed by atoms with van der Waals surface area (Å²) in [6.07, 6.45) is -0.00157. The molecular weight excluding hydrogens is 246 g/mol. The van der Waals surface area contributed by atoms with Crippen LogP contribution in [0, 0.1) is 5.41 Å². The molecule has 0 aliphatic rings. The third-order valence-corrected chi connectivity index (χ3v) is 3.71. The fourth-order valence-corrected chi connectivity index (χ4v) is 2.78. The van der Waals surface area contributed by atoms with Gasteiger partial charge in [0.2, 0.25) is 0 Å². The van der Waals surface area contributed by atoms with Crippen LogP contribution in [0.25, 0.3) is 10.8 Å². The van der Waals surface area contributed by atoms with Crippen LogP contribution in [0.5, 0.6) is 0 Å². The first kappa shape index (κ1) is 15.0. The summed E-state index contributed by atoms with van der Waals surface area (Å²) in [4.78, 5) is 0. The Morgan fingerprint density at radius 2 is 1.70 bits per heavy atom. The van der Waals surface area contributed by atoms with E-state index in [1.165, 1.54) is 10.8 Å². The van der Waals surface area contributed by atoms with Crippen molar-refractivity contribution >= 4 is 10.8 Å². The van der Waals surface area contributed by atoms with E-state index in [0.29, 0.717) is 6.61 Å². The minimum Gasteiger partial charge on any atom is -0.376 e. The van der Waals surface area contributed by atoms with Crippen molar-refractivity contribution < 1.29 is 4.74 Å². The lowest BCUT2D eigenvalue weighted by molar-refractivity contribution is -0.0280. The predicted molar refractivity (Wildman–Crippen MR) is 85.7 cm³/mol. The summed E-state index contributed by atoms with van der Waals surface area (Å²) in [7, 11) is 0. The molecule has 2 rings (SSSR count). The van der Waals surface area contributed by atoms with Crippen molar-refractivity contribution in [3.8, 4) is 0 Å². The topological polar surface area (TPSA) is 35.2 Å². The molecule has 0 spiro atoms. The average Bonchev–Trinajstić information content (AvgIpc) is 2.42. The van der Waals surface area contributed by atoms with E-state index in [9.17, 15) is 0 Å². The average molecular weight is 271 g/mol. The van der Waals surface area contributed by atoms with Gasteiger partial charge in [-0.3, -0.25) is 0 Å². The summed E-state index contributed by atoms with van der Waals surface area (Å²) in [6.45, 7) is 9.24. The molecule has 0 bridgehead atoms. The molecule has 0 heterocycles. The van der Waals surface area contributed by atoms with E-state index in [2.05, 4.69) is 63.2 Å². The molecule has 0 saturated heterocycles. The minimum absolute atomic E-state index is 0.00157. The smallest absolute Gasteiger partial charge is 0.0815 e. The normalized spacial score (nSPS) is 15.2. The summed E-state index contributed by atoms with van der Waals surface area (Å²) in [5, 5.41) is 2.45. The van der Waals surface area contributed by atoms with Gasteiger partial charge in [-0.25, -0.2) is 0 Å². The molecule has 2 heteroatoms. The highest BCUT2D eigenvalue weighted by molar-refractivity contribution is 5.86. The van der Waals surface area contributed by atoms with Gasteiger partial charge >= 0.3 is 0 Å². The highest BCUT2D eigenvalue weighted by atomic mass is 16.5. The predicted octanol–water partition coefficient (Wildman–Crippen LogP) is 4.29. The summed E-state index contributed by atoms with van der Waals surface area (Å²) < 4.78 is 5.95. The van der Waals surface area contributed by atoms with Crippen LogP contribution in [0.4, 0.5) is 0 Å². The molecule has 0 amide bonds. The highest BCUT2D eigenvalue weighted by Gasteiger charge is 2.32. The van der Waals surface area contributed by atoms with Gasteiger partial charge in [-0.05, 0) is 28.7 Å². The Balaban J connectivity index is 2.46. The van der Waals surface area contributed by atoms with Crippen LogP contribution in [0.15, 0.2) is 42.5 Å². The van der Waals surface area contributed by atoms with Crippen LogP contribution in [0.1, 0.15) is 39.3 Å². The van der Waals surface area contributed by atoms with Crippen LogP contribution in [-0.2, 0) is 4.74 Å². The zero-order valence-corrected chi connectivity index (χ0v) is 12.9. The Kier molecular flexibility index (Phi) is 4.46. The van der Waals surface area contributed by atoms with Gasteiger partial charge in [0, 0.05) is 6.61 Å². The molecule has 0 aliphatic heterocycles. The summed E-state index contributed by atoms with van der Waals surface area (Å²) in [5.41, 5.74) is 7.72. The first-order valence-electron chi connectivity index (χ1n) is 7.30. The van der Waals surface area contributed by atoms with Gasteiger partial charge < -0.3 is 10.5 Å². The number of fused-ring (bicyclic) bond motifs is 1. The van der Waals surface area contributed by atoms with Crippen molar-refractivity contribution in [3.63, 3.8) is 0 Å². The van der Waals surface area contributed by atoms with Crippen LogP contribution >= 0.6 is 0 Å². The number of nitrogens with two attached hydrogens (primary N) is 1. The van der Waals surface area contributed by atoms with E-state index >= 15 is 0 Å². The van der Waals surface area contributed by atoms with E-state index in [1.54, 1.807) is 0 Å². The summed E-state index contributed by atoms with van der Waals surface area (Å²) in [5.74, 6) is 0. The van der Waals surface area contributed by atoms with Crippen LogP contribution < -0.4 is 5.73 Å². The lowest BCUT2D eigenvalue weighted by Crippen LogP contribution is -2.39. The second kappa shape index (κ2) is 5.94. The maximum absolute atomic E-state index is 6.55. The molecular formula is C18H25NO. The first-order chi connectivity index (χ1) is 9.45. The zero-order valence-electron chi connectivity index (χ0n) is 12.9. The molecule has 2 aromatic rings. The SMILES string of the molecule is CCOC(C(N)c1cccc2ccccc12)C(C)(C)C. The number of rotatable bonds is 4. The molecule has 2 nitrogen and oxygen atoms in total. The fraction of sp³-hybridized carbons (Fsp3) is 0.444. The standard InChI is InChI=1S/C18H25NO/c1-5-20-17(18(2,3)4)16(19)15-12-8-10-13-9-6-7-11-14(13)15/h6-12,16-17H,5,19H2,1-4H3. The second-order valence-corrected chi connectivity index (χ2v) is 6.34. The monoisotopic (exact) mass is 271 g/mol. The molecule has 0 saturated carbocycles. The Morgan fingerprint density at radius 3 is 2.35 bits per heavy atom. The summed E-state index contributed by atoms with van der Waals surface area (Å²) >= 11 is 0. The van der Waals surface area contributed by atoms with E-state index < -0.39 is 0 Å². The van der Waals surface area contributed by atoms with E-state index in [4.69, 9.17) is 10.5 Å². The molecule has 0 fully saturated rings. The van der Waals surface area contributed by atoms with Gasteiger partial charge in [0.05, 0.1) is 12.1 Å². The molecule has 0 aliphatic carbocycles. The number of benzene rings is 2. The Bertz CT molecular complexity index is 566. The lowest BCUT2D eigenvalue weighted by Gasteiger charge is -2.35.